The fourth-order valence-corrected chi connectivity index (χ4v) is 4.24. The molecule has 0 aromatic heterocycles. The maximum atomic E-state index is 13.8. The third-order valence-electron chi connectivity index (χ3n) is 6.34. The van der Waals surface area contributed by atoms with Crippen molar-refractivity contribution in [2.75, 3.05) is 13.2 Å². The van der Waals surface area contributed by atoms with E-state index in [1.807, 2.05) is 92.7 Å². The lowest BCUT2D eigenvalue weighted by Gasteiger charge is -2.32. The van der Waals surface area contributed by atoms with E-state index in [4.69, 9.17) is 4.74 Å². The minimum absolute atomic E-state index is 0.128. The highest BCUT2D eigenvalue weighted by molar-refractivity contribution is 5.88. The Kier molecular flexibility index (Phi) is 9.90. The summed E-state index contributed by atoms with van der Waals surface area (Å²) in [6.45, 7) is 11.1. The number of benzene rings is 3. The Hall–Kier alpha value is -3.60. The molecule has 196 valence electrons. The van der Waals surface area contributed by atoms with Crippen molar-refractivity contribution in [1.29, 1.82) is 0 Å². The second-order valence-corrected chi connectivity index (χ2v) is 10.5. The molecule has 0 aliphatic heterocycles. The van der Waals surface area contributed by atoms with E-state index >= 15 is 0 Å². The fraction of sp³-hybridized carbons (Fsp3) is 0.375. The molecule has 37 heavy (non-hydrogen) atoms. The van der Waals surface area contributed by atoms with Crippen molar-refractivity contribution in [1.82, 2.24) is 10.2 Å². The largest absolute Gasteiger partial charge is 0.483 e. The molecule has 0 fully saturated rings. The van der Waals surface area contributed by atoms with Gasteiger partial charge in [0.2, 0.25) is 5.91 Å². The molecule has 0 aliphatic carbocycles. The van der Waals surface area contributed by atoms with E-state index in [9.17, 15) is 9.59 Å². The number of carbonyl (C=O) groups is 2. The van der Waals surface area contributed by atoms with E-state index in [1.165, 1.54) is 0 Å². The molecule has 1 unspecified atom stereocenters. The molecule has 1 atom stereocenters. The summed E-state index contributed by atoms with van der Waals surface area (Å²) in [5.74, 6) is 0.312. The van der Waals surface area contributed by atoms with E-state index in [-0.39, 0.29) is 23.8 Å². The number of nitrogens with zero attached hydrogens (tertiary/aromatic N) is 1. The summed E-state index contributed by atoms with van der Waals surface area (Å²) in [4.78, 5) is 28.9. The van der Waals surface area contributed by atoms with Crippen LogP contribution in [0.4, 0.5) is 0 Å². The summed E-state index contributed by atoms with van der Waals surface area (Å²) in [5.41, 5.74) is 4.02. The average Bonchev–Trinajstić information content (AvgIpc) is 2.89. The summed E-state index contributed by atoms with van der Waals surface area (Å²) in [6, 6.07) is 25.1. The van der Waals surface area contributed by atoms with Crippen molar-refractivity contribution in [2.45, 2.75) is 65.5 Å². The maximum absolute atomic E-state index is 13.8. The first-order chi connectivity index (χ1) is 17.7. The SMILES string of the molecule is CCCNC(=O)C(Cc1ccccc1)N(Cc1ccc(C)cc1)C(=O)COc1ccccc1C(C)(C)C. The van der Waals surface area contributed by atoms with Gasteiger partial charge in [-0.3, -0.25) is 9.59 Å². The molecule has 2 amide bonds. The molecule has 0 aliphatic rings. The van der Waals surface area contributed by atoms with Crippen molar-refractivity contribution < 1.29 is 14.3 Å². The van der Waals surface area contributed by atoms with Gasteiger partial charge in [0.05, 0.1) is 0 Å². The number of carbonyl (C=O) groups excluding carboxylic acids is 2. The lowest BCUT2D eigenvalue weighted by atomic mass is 9.86. The number of para-hydroxylation sites is 1. The van der Waals surface area contributed by atoms with Gasteiger partial charge in [-0.05, 0) is 41.5 Å². The number of rotatable bonds is 11. The Labute approximate surface area is 221 Å². The lowest BCUT2D eigenvalue weighted by molar-refractivity contribution is -0.142. The Balaban J connectivity index is 1.92. The van der Waals surface area contributed by atoms with Crippen molar-refractivity contribution >= 4 is 11.8 Å². The summed E-state index contributed by atoms with van der Waals surface area (Å²) in [7, 11) is 0. The maximum Gasteiger partial charge on any atom is 0.261 e. The highest BCUT2D eigenvalue weighted by Crippen LogP contribution is 2.31. The van der Waals surface area contributed by atoms with Crippen molar-refractivity contribution in [3.63, 3.8) is 0 Å². The van der Waals surface area contributed by atoms with Gasteiger partial charge < -0.3 is 15.0 Å². The molecule has 0 spiro atoms. The van der Waals surface area contributed by atoms with Crippen LogP contribution >= 0.6 is 0 Å². The Morgan fingerprint density at radius 1 is 0.892 bits per heavy atom. The van der Waals surface area contributed by atoms with Crippen LogP contribution in [-0.2, 0) is 28.0 Å². The Morgan fingerprint density at radius 3 is 2.19 bits per heavy atom. The predicted molar refractivity (Wildman–Crippen MR) is 150 cm³/mol. The van der Waals surface area contributed by atoms with Crippen LogP contribution in [-0.4, -0.2) is 35.9 Å². The number of amides is 2. The zero-order chi connectivity index (χ0) is 26.8. The highest BCUT2D eigenvalue weighted by Gasteiger charge is 2.31. The van der Waals surface area contributed by atoms with Gasteiger partial charge in [-0.15, -0.1) is 0 Å². The number of ether oxygens (including phenoxy) is 1. The molecule has 1 N–H and O–H groups in total. The fourth-order valence-electron chi connectivity index (χ4n) is 4.24. The molecular formula is C32H40N2O3. The second-order valence-electron chi connectivity index (χ2n) is 10.5. The van der Waals surface area contributed by atoms with Crippen LogP contribution in [0, 0.1) is 6.92 Å². The summed E-state index contributed by atoms with van der Waals surface area (Å²) in [6.07, 6.45) is 1.25. The number of nitrogens with one attached hydrogen (secondary N) is 1. The molecule has 3 aromatic carbocycles. The number of hydrogen-bond donors (Lipinski definition) is 1. The van der Waals surface area contributed by atoms with E-state index in [0.717, 1.165) is 28.7 Å². The van der Waals surface area contributed by atoms with Gasteiger partial charge in [-0.25, -0.2) is 0 Å². The van der Waals surface area contributed by atoms with Crippen molar-refractivity contribution in [3.8, 4) is 5.75 Å². The standard InChI is InChI=1S/C32H40N2O3/c1-6-20-33-31(36)28(21-25-12-8-7-9-13-25)34(22-26-18-16-24(2)17-19-26)30(35)23-37-29-15-11-10-14-27(29)32(3,4)5/h7-19,28H,6,20-23H2,1-5H3,(H,33,36). The molecule has 0 saturated heterocycles. The average molecular weight is 501 g/mol. The van der Waals surface area contributed by atoms with Gasteiger partial charge in [0.25, 0.3) is 5.91 Å². The van der Waals surface area contributed by atoms with Crippen LogP contribution in [0.3, 0.4) is 0 Å². The zero-order valence-corrected chi connectivity index (χ0v) is 22.8. The Morgan fingerprint density at radius 2 is 1.54 bits per heavy atom. The minimum Gasteiger partial charge on any atom is -0.483 e. The smallest absolute Gasteiger partial charge is 0.261 e. The minimum atomic E-state index is -0.663. The van der Waals surface area contributed by atoms with Crippen LogP contribution < -0.4 is 10.1 Å². The van der Waals surface area contributed by atoms with Crippen LogP contribution in [0.2, 0.25) is 0 Å². The first kappa shape index (κ1) is 28.0. The normalized spacial score (nSPS) is 12.0. The van der Waals surface area contributed by atoms with Crippen LogP contribution in [0.5, 0.6) is 5.75 Å². The van der Waals surface area contributed by atoms with Crippen LogP contribution in [0.25, 0.3) is 0 Å². The summed E-state index contributed by atoms with van der Waals surface area (Å²) in [5, 5.41) is 3.01. The molecule has 0 heterocycles. The molecule has 3 aromatic rings. The van der Waals surface area contributed by atoms with E-state index in [1.54, 1.807) is 4.90 Å². The molecule has 3 rings (SSSR count). The van der Waals surface area contributed by atoms with Crippen LogP contribution in [0.15, 0.2) is 78.9 Å². The van der Waals surface area contributed by atoms with E-state index in [0.29, 0.717) is 25.3 Å². The topological polar surface area (TPSA) is 58.6 Å². The first-order valence-corrected chi connectivity index (χ1v) is 13.1. The molecule has 0 radical (unpaired) electrons. The predicted octanol–water partition coefficient (Wildman–Crippen LogP) is 5.84. The van der Waals surface area contributed by atoms with E-state index < -0.39 is 6.04 Å². The molecule has 5 nitrogen and oxygen atoms in total. The Bertz CT molecular complexity index is 1150. The van der Waals surface area contributed by atoms with Crippen molar-refractivity contribution in [2.24, 2.45) is 0 Å². The van der Waals surface area contributed by atoms with Gasteiger partial charge in [-0.1, -0.05) is 106 Å². The van der Waals surface area contributed by atoms with Gasteiger partial charge in [0.1, 0.15) is 11.8 Å². The first-order valence-electron chi connectivity index (χ1n) is 13.1. The second kappa shape index (κ2) is 13.1. The quantitative estimate of drug-likeness (QED) is 0.360. The number of hydrogen-bond acceptors (Lipinski definition) is 3. The van der Waals surface area contributed by atoms with Gasteiger partial charge in [0.15, 0.2) is 6.61 Å². The van der Waals surface area contributed by atoms with Crippen LogP contribution in [0.1, 0.15) is 56.4 Å². The molecule has 5 heteroatoms. The number of aryl methyl sites for hydroxylation is 1. The lowest BCUT2D eigenvalue weighted by Crippen LogP contribution is -2.51. The summed E-state index contributed by atoms with van der Waals surface area (Å²) >= 11 is 0. The molecular weight excluding hydrogens is 460 g/mol. The van der Waals surface area contributed by atoms with Gasteiger partial charge >= 0.3 is 0 Å². The zero-order valence-electron chi connectivity index (χ0n) is 22.8. The summed E-state index contributed by atoms with van der Waals surface area (Å²) < 4.78 is 6.10. The van der Waals surface area contributed by atoms with Gasteiger partial charge in [0, 0.05) is 19.5 Å². The van der Waals surface area contributed by atoms with Gasteiger partial charge in [-0.2, -0.15) is 0 Å². The third kappa shape index (κ3) is 8.21. The third-order valence-corrected chi connectivity index (χ3v) is 6.34. The monoisotopic (exact) mass is 500 g/mol. The molecule has 0 saturated carbocycles. The highest BCUT2D eigenvalue weighted by atomic mass is 16.5. The van der Waals surface area contributed by atoms with Crippen molar-refractivity contribution in [3.05, 3.63) is 101 Å². The van der Waals surface area contributed by atoms with E-state index in [2.05, 4.69) is 26.1 Å². The molecule has 0 bridgehead atoms.